The van der Waals surface area contributed by atoms with Crippen molar-refractivity contribution >= 4 is 5.97 Å². The van der Waals surface area contributed by atoms with E-state index in [1.54, 1.807) is 0 Å². The molecule has 0 heterocycles. The van der Waals surface area contributed by atoms with Crippen LogP contribution >= 0.6 is 0 Å². The highest BCUT2D eigenvalue weighted by Crippen LogP contribution is 2.03. The lowest BCUT2D eigenvalue weighted by molar-refractivity contribution is -0.160. The first-order valence-electron chi connectivity index (χ1n) is 3.94. The van der Waals surface area contributed by atoms with Crippen LogP contribution in [0.4, 0.5) is 0 Å². The van der Waals surface area contributed by atoms with E-state index in [-0.39, 0.29) is 12.6 Å². The van der Waals surface area contributed by atoms with Gasteiger partial charge in [-0.15, -0.1) is 0 Å². The van der Waals surface area contributed by atoms with E-state index in [1.807, 2.05) is 13.8 Å². The second-order valence-electron chi connectivity index (χ2n) is 3.30. The van der Waals surface area contributed by atoms with Gasteiger partial charge in [0.25, 0.3) is 0 Å². The van der Waals surface area contributed by atoms with Gasteiger partial charge >= 0.3 is 5.97 Å². The van der Waals surface area contributed by atoms with Crippen molar-refractivity contribution in [2.45, 2.75) is 32.4 Å². The van der Waals surface area contributed by atoms with Gasteiger partial charge in [-0.1, -0.05) is 13.8 Å². The van der Waals surface area contributed by atoms with Crippen LogP contribution in [0.25, 0.3) is 0 Å². The van der Waals surface area contributed by atoms with Gasteiger partial charge in [0, 0.05) is 12.6 Å². The maximum Gasteiger partial charge on any atom is 0.338 e. The van der Waals surface area contributed by atoms with Gasteiger partial charge in [-0.3, -0.25) is 0 Å². The maximum absolute atomic E-state index is 10.9. The summed E-state index contributed by atoms with van der Waals surface area (Å²) in [4.78, 5) is 10.9. The number of carbonyl (C=O) groups is 1. The number of rotatable bonds is 4. The largest absolute Gasteiger partial charge is 0.467 e. The molecule has 72 valence electrons. The molecule has 0 aromatic rings. The lowest BCUT2D eigenvalue weighted by Gasteiger charge is -2.21. The molecule has 4 heteroatoms. The van der Waals surface area contributed by atoms with Gasteiger partial charge in [0.15, 0.2) is 5.60 Å². The second-order valence-corrected chi connectivity index (χ2v) is 3.30. The molecule has 4 nitrogen and oxygen atoms in total. The molecule has 0 spiro atoms. The van der Waals surface area contributed by atoms with Crippen molar-refractivity contribution in [2.24, 2.45) is 0 Å². The molecule has 0 aliphatic carbocycles. The summed E-state index contributed by atoms with van der Waals surface area (Å²) in [6.45, 7) is 5.51. The number of nitrogens with one attached hydrogen (secondary N) is 1. The third-order valence-corrected chi connectivity index (χ3v) is 1.48. The number of esters is 1. The maximum atomic E-state index is 10.9. The van der Waals surface area contributed by atoms with Gasteiger partial charge in [0.1, 0.15) is 0 Å². The molecule has 0 aliphatic heterocycles. The third-order valence-electron chi connectivity index (χ3n) is 1.48. The smallest absolute Gasteiger partial charge is 0.338 e. The zero-order chi connectivity index (χ0) is 9.78. The predicted octanol–water partition coefficient (Wildman–Crippen LogP) is -0.0916. The van der Waals surface area contributed by atoms with Crippen molar-refractivity contribution in [2.75, 3.05) is 13.7 Å². The summed E-state index contributed by atoms with van der Waals surface area (Å²) in [6, 6.07) is 0.237. The molecule has 0 rings (SSSR count). The number of aliphatic hydroxyl groups is 1. The van der Waals surface area contributed by atoms with Crippen LogP contribution in [0.1, 0.15) is 20.8 Å². The quantitative estimate of drug-likeness (QED) is 0.586. The zero-order valence-corrected chi connectivity index (χ0v) is 8.05. The zero-order valence-electron chi connectivity index (χ0n) is 8.05. The molecule has 0 bridgehead atoms. The van der Waals surface area contributed by atoms with Gasteiger partial charge in [-0.2, -0.15) is 0 Å². The first-order chi connectivity index (χ1) is 5.40. The molecule has 0 fully saturated rings. The summed E-state index contributed by atoms with van der Waals surface area (Å²) in [7, 11) is 1.26. The number of hydrogen-bond acceptors (Lipinski definition) is 4. The molecule has 0 aliphatic rings. The van der Waals surface area contributed by atoms with Gasteiger partial charge < -0.3 is 15.2 Å². The summed E-state index contributed by atoms with van der Waals surface area (Å²) < 4.78 is 4.42. The fraction of sp³-hybridized carbons (Fsp3) is 0.875. The molecular formula is C8H17NO3. The second kappa shape index (κ2) is 4.42. The molecule has 0 aromatic carbocycles. The summed E-state index contributed by atoms with van der Waals surface area (Å²) in [6.07, 6.45) is 0. The number of carbonyl (C=O) groups excluding carboxylic acids is 1. The molecule has 0 saturated heterocycles. The Kier molecular flexibility index (Phi) is 4.20. The van der Waals surface area contributed by atoms with Crippen LogP contribution < -0.4 is 5.32 Å². The van der Waals surface area contributed by atoms with Crippen LogP contribution in [-0.2, 0) is 9.53 Å². The summed E-state index contributed by atoms with van der Waals surface area (Å²) in [5.74, 6) is -0.615. The molecular weight excluding hydrogens is 158 g/mol. The molecule has 2 N–H and O–H groups in total. The van der Waals surface area contributed by atoms with E-state index in [9.17, 15) is 9.90 Å². The van der Waals surface area contributed by atoms with Crippen molar-refractivity contribution in [3.63, 3.8) is 0 Å². The minimum absolute atomic E-state index is 0.206. The molecule has 1 unspecified atom stereocenters. The van der Waals surface area contributed by atoms with E-state index in [2.05, 4.69) is 10.1 Å². The van der Waals surface area contributed by atoms with E-state index in [1.165, 1.54) is 14.0 Å². The first kappa shape index (κ1) is 11.4. The summed E-state index contributed by atoms with van der Waals surface area (Å²) in [5.41, 5.74) is -1.43. The number of hydrogen-bond donors (Lipinski definition) is 2. The van der Waals surface area contributed by atoms with Crippen LogP contribution in [0.3, 0.4) is 0 Å². The first-order valence-corrected chi connectivity index (χ1v) is 3.94. The Morgan fingerprint density at radius 1 is 1.67 bits per heavy atom. The van der Waals surface area contributed by atoms with Gasteiger partial charge in [0.2, 0.25) is 0 Å². The van der Waals surface area contributed by atoms with Gasteiger partial charge in [0.05, 0.1) is 7.11 Å². The fourth-order valence-electron chi connectivity index (χ4n) is 0.695. The predicted molar refractivity (Wildman–Crippen MR) is 45.8 cm³/mol. The molecule has 1 atom stereocenters. The third kappa shape index (κ3) is 3.69. The highest BCUT2D eigenvalue weighted by molar-refractivity contribution is 5.78. The molecule has 0 saturated carbocycles. The summed E-state index contributed by atoms with van der Waals surface area (Å²) >= 11 is 0. The summed E-state index contributed by atoms with van der Waals surface area (Å²) in [5, 5.41) is 12.4. The highest BCUT2D eigenvalue weighted by atomic mass is 16.5. The standard InChI is InChI=1S/C8H17NO3/c1-6(2)9-5-8(3,11)7(10)12-4/h6,9,11H,5H2,1-4H3. The Balaban J connectivity index is 3.95. The van der Waals surface area contributed by atoms with Crippen molar-refractivity contribution in [3.05, 3.63) is 0 Å². The Morgan fingerprint density at radius 3 is 2.50 bits per heavy atom. The normalized spacial score (nSPS) is 15.8. The van der Waals surface area contributed by atoms with E-state index in [4.69, 9.17) is 0 Å². The van der Waals surface area contributed by atoms with Crippen LogP contribution in [0.2, 0.25) is 0 Å². The van der Waals surface area contributed by atoms with Crippen LogP contribution in [0.5, 0.6) is 0 Å². The Morgan fingerprint density at radius 2 is 2.17 bits per heavy atom. The minimum atomic E-state index is -1.43. The van der Waals surface area contributed by atoms with Crippen molar-refractivity contribution < 1.29 is 14.6 Å². The van der Waals surface area contributed by atoms with E-state index in [0.29, 0.717) is 0 Å². The Hall–Kier alpha value is -0.610. The van der Waals surface area contributed by atoms with Crippen LogP contribution in [-0.4, -0.2) is 36.4 Å². The van der Waals surface area contributed by atoms with Crippen LogP contribution in [0, 0.1) is 0 Å². The number of ether oxygens (including phenoxy) is 1. The lowest BCUT2D eigenvalue weighted by atomic mass is 10.1. The van der Waals surface area contributed by atoms with E-state index < -0.39 is 11.6 Å². The van der Waals surface area contributed by atoms with Gasteiger partial charge in [-0.25, -0.2) is 4.79 Å². The Bertz CT molecular complexity index is 154. The van der Waals surface area contributed by atoms with Gasteiger partial charge in [-0.05, 0) is 6.92 Å². The van der Waals surface area contributed by atoms with Crippen molar-refractivity contribution in [1.82, 2.24) is 5.32 Å². The number of methoxy groups -OCH3 is 1. The van der Waals surface area contributed by atoms with E-state index in [0.717, 1.165) is 0 Å². The average Bonchev–Trinajstić information content (AvgIpc) is 1.99. The van der Waals surface area contributed by atoms with E-state index >= 15 is 0 Å². The molecule has 0 amide bonds. The molecule has 12 heavy (non-hydrogen) atoms. The van der Waals surface area contributed by atoms with Crippen molar-refractivity contribution in [3.8, 4) is 0 Å². The Labute approximate surface area is 72.9 Å². The molecule has 0 aromatic heterocycles. The fourth-order valence-corrected chi connectivity index (χ4v) is 0.695. The lowest BCUT2D eigenvalue weighted by Crippen LogP contribution is -2.47. The SMILES string of the molecule is COC(=O)C(C)(O)CNC(C)C. The van der Waals surface area contributed by atoms with Crippen LogP contribution in [0.15, 0.2) is 0 Å². The monoisotopic (exact) mass is 175 g/mol. The topological polar surface area (TPSA) is 58.6 Å². The average molecular weight is 175 g/mol. The highest BCUT2D eigenvalue weighted by Gasteiger charge is 2.30. The minimum Gasteiger partial charge on any atom is -0.467 e. The molecule has 0 radical (unpaired) electrons. The van der Waals surface area contributed by atoms with Crippen molar-refractivity contribution in [1.29, 1.82) is 0 Å².